The summed E-state index contributed by atoms with van der Waals surface area (Å²) in [6, 6.07) is 10.3. The molecule has 4 heteroatoms. The summed E-state index contributed by atoms with van der Waals surface area (Å²) in [4.78, 5) is 0. The van der Waals surface area contributed by atoms with Crippen molar-refractivity contribution in [3.63, 3.8) is 0 Å². The Hall–Kier alpha value is -0.870. The van der Waals surface area contributed by atoms with Crippen molar-refractivity contribution in [1.29, 1.82) is 0 Å². The fraction of sp³-hybridized carbons (Fsp3) is 0.538. The quantitative estimate of drug-likeness (QED) is 0.886. The van der Waals surface area contributed by atoms with Gasteiger partial charge in [0.1, 0.15) is 9.84 Å². The fourth-order valence-corrected chi connectivity index (χ4v) is 3.75. The molecule has 0 unspecified atom stereocenters. The van der Waals surface area contributed by atoms with Crippen LogP contribution >= 0.6 is 0 Å². The second-order valence-corrected chi connectivity index (χ2v) is 7.02. The van der Waals surface area contributed by atoms with Crippen molar-refractivity contribution in [2.75, 3.05) is 18.1 Å². The van der Waals surface area contributed by atoms with Crippen molar-refractivity contribution >= 4 is 9.84 Å². The Morgan fingerprint density at radius 2 is 1.76 bits per heavy atom. The Kier molecular flexibility index (Phi) is 4.18. The molecule has 1 aromatic carbocycles. The van der Waals surface area contributed by atoms with Crippen molar-refractivity contribution in [3.8, 4) is 0 Å². The average molecular weight is 253 g/mol. The van der Waals surface area contributed by atoms with Gasteiger partial charge in [-0.1, -0.05) is 30.3 Å². The van der Waals surface area contributed by atoms with Crippen LogP contribution in [0.3, 0.4) is 0 Å². The van der Waals surface area contributed by atoms with Crippen LogP contribution in [-0.2, 0) is 16.4 Å². The first kappa shape index (κ1) is 12.6. The van der Waals surface area contributed by atoms with E-state index in [1.807, 2.05) is 18.2 Å². The predicted molar refractivity (Wildman–Crippen MR) is 69.5 cm³/mol. The molecule has 0 aliphatic carbocycles. The lowest BCUT2D eigenvalue weighted by Gasteiger charge is -2.22. The third kappa shape index (κ3) is 4.13. The van der Waals surface area contributed by atoms with Gasteiger partial charge < -0.3 is 5.32 Å². The summed E-state index contributed by atoms with van der Waals surface area (Å²) in [5.74, 6) is 1.25. The Balaban J connectivity index is 1.70. The summed E-state index contributed by atoms with van der Waals surface area (Å²) in [6.07, 6.45) is 1.62. The first-order valence-electron chi connectivity index (χ1n) is 6.11. The van der Waals surface area contributed by atoms with Gasteiger partial charge in [0.05, 0.1) is 11.5 Å². The molecular formula is C13H19NO2S. The van der Waals surface area contributed by atoms with Gasteiger partial charge in [-0.15, -0.1) is 0 Å². The van der Waals surface area contributed by atoms with E-state index in [2.05, 4.69) is 17.4 Å². The molecule has 0 aromatic heterocycles. The lowest BCUT2D eigenvalue weighted by atomic mass is 10.0. The number of nitrogens with one attached hydrogen (secondary N) is 1. The first-order valence-corrected chi connectivity index (χ1v) is 7.93. The fourth-order valence-electron chi connectivity index (χ4n) is 2.16. The second kappa shape index (κ2) is 5.65. The first-order chi connectivity index (χ1) is 8.16. The molecule has 0 amide bonds. The number of sulfone groups is 1. The molecular weight excluding hydrogens is 234 g/mol. The summed E-state index contributed by atoms with van der Waals surface area (Å²) in [5, 5.41) is 3.40. The molecule has 1 saturated heterocycles. The summed E-state index contributed by atoms with van der Waals surface area (Å²) in [6.45, 7) is 1.79. The normalized spacial score (nSPS) is 20.2. The van der Waals surface area contributed by atoms with E-state index in [0.717, 1.165) is 25.9 Å². The zero-order valence-electron chi connectivity index (χ0n) is 9.93. The molecule has 1 aromatic rings. The van der Waals surface area contributed by atoms with E-state index in [9.17, 15) is 8.42 Å². The molecule has 0 saturated carbocycles. The molecule has 1 N–H and O–H groups in total. The van der Waals surface area contributed by atoms with Crippen molar-refractivity contribution in [2.24, 2.45) is 5.92 Å². The highest BCUT2D eigenvalue weighted by molar-refractivity contribution is 7.91. The second-order valence-electron chi connectivity index (χ2n) is 4.71. The van der Waals surface area contributed by atoms with Gasteiger partial charge >= 0.3 is 0 Å². The van der Waals surface area contributed by atoms with Crippen molar-refractivity contribution < 1.29 is 8.42 Å². The van der Waals surface area contributed by atoms with Crippen LogP contribution in [0.15, 0.2) is 30.3 Å². The van der Waals surface area contributed by atoms with E-state index in [4.69, 9.17) is 0 Å². The molecule has 2 rings (SSSR count). The number of hydrogen-bond acceptors (Lipinski definition) is 3. The maximum absolute atomic E-state index is 11.3. The Morgan fingerprint density at radius 3 is 2.41 bits per heavy atom. The summed E-state index contributed by atoms with van der Waals surface area (Å²) >= 11 is 0. The third-order valence-corrected chi connectivity index (χ3v) is 4.99. The van der Waals surface area contributed by atoms with Gasteiger partial charge in [0.25, 0.3) is 0 Å². The number of benzene rings is 1. The lowest BCUT2D eigenvalue weighted by Crippen LogP contribution is -2.30. The van der Waals surface area contributed by atoms with E-state index in [1.54, 1.807) is 0 Å². The molecule has 1 heterocycles. The standard InChI is InChI=1S/C13H19NO2S/c15-17(16)8-6-13(7-9-17)11-14-10-12-4-2-1-3-5-12/h1-5,13-14H,6-11H2. The van der Waals surface area contributed by atoms with E-state index < -0.39 is 9.84 Å². The molecule has 1 aliphatic rings. The monoisotopic (exact) mass is 253 g/mol. The van der Waals surface area contributed by atoms with Crippen LogP contribution in [0.2, 0.25) is 0 Å². The minimum Gasteiger partial charge on any atom is -0.312 e. The predicted octanol–water partition coefficient (Wildman–Crippen LogP) is 1.60. The van der Waals surface area contributed by atoms with E-state index in [1.165, 1.54) is 5.56 Å². The van der Waals surface area contributed by atoms with Crippen LogP contribution in [0, 0.1) is 5.92 Å². The smallest absolute Gasteiger partial charge is 0.150 e. The molecule has 3 nitrogen and oxygen atoms in total. The summed E-state index contributed by atoms with van der Waals surface area (Å²) in [7, 11) is -2.72. The number of rotatable bonds is 4. The van der Waals surface area contributed by atoms with Gasteiger partial charge in [-0.3, -0.25) is 0 Å². The highest BCUT2D eigenvalue weighted by atomic mass is 32.2. The van der Waals surface area contributed by atoms with Crippen molar-refractivity contribution in [3.05, 3.63) is 35.9 Å². The van der Waals surface area contributed by atoms with E-state index in [-0.39, 0.29) is 0 Å². The lowest BCUT2D eigenvalue weighted by molar-refractivity contribution is 0.432. The Labute approximate surface area is 103 Å². The maximum atomic E-state index is 11.3. The third-order valence-electron chi connectivity index (χ3n) is 3.28. The topological polar surface area (TPSA) is 46.2 Å². The van der Waals surface area contributed by atoms with Crippen LogP contribution in [0.25, 0.3) is 0 Å². The molecule has 0 bridgehead atoms. The molecule has 0 radical (unpaired) electrons. The average Bonchev–Trinajstić information content (AvgIpc) is 2.33. The van der Waals surface area contributed by atoms with Crippen LogP contribution in [0.4, 0.5) is 0 Å². The SMILES string of the molecule is O=S1(=O)CCC(CNCc2ccccc2)CC1. The molecule has 17 heavy (non-hydrogen) atoms. The van der Waals surface area contributed by atoms with Crippen molar-refractivity contribution in [2.45, 2.75) is 19.4 Å². The van der Waals surface area contributed by atoms with Gasteiger partial charge in [-0.2, -0.15) is 0 Å². The van der Waals surface area contributed by atoms with Crippen LogP contribution in [0.1, 0.15) is 18.4 Å². The van der Waals surface area contributed by atoms with Crippen LogP contribution in [0.5, 0.6) is 0 Å². The largest absolute Gasteiger partial charge is 0.312 e. The molecule has 1 aliphatic heterocycles. The highest BCUT2D eigenvalue weighted by Crippen LogP contribution is 2.17. The van der Waals surface area contributed by atoms with Crippen LogP contribution in [-0.4, -0.2) is 26.5 Å². The van der Waals surface area contributed by atoms with Gasteiger partial charge in [-0.05, 0) is 30.9 Å². The summed E-state index contributed by atoms with van der Waals surface area (Å²) in [5.41, 5.74) is 1.27. The van der Waals surface area contributed by atoms with Crippen molar-refractivity contribution in [1.82, 2.24) is 5.32 Å². The van der Waals surface area contributed by atoms with Gasteiger partial charge in [0.15, 0.2) is 0 Å². The Morgan fingerprint density at radius 1 is 1.12 bits per heavy atom. The molecule has 0 spiro atoms. The van der Waals surface area contributed by atoms with Gasteiger partial charge in [0, 0.05) is 6.54 Å². The minimum atomic E-state index is -2.72. The van der Waals surface area contributed by atoms with Gasteiger partial charge in [0.2, 0.25) is 0 Å². The Bertz CT molecular complexity index is 428. The minimum absolute atomic E-state index is 0.366. The molecule has 1 fully saturated rings. The zero-order chi connectivity index (χ0) is 12.1. The van der Waals surface area contributed by atoms with E-state index in [0.29, 0.717) is 17.4 Å². The van der Waals surface area contributed by atoms with E-state index >= 15 is 0 Å². The molecule has 94 valence electrons. The molecule has 0 atom stereocenters. The number of hydrogen-bond donors (Lipinski definition) is 1. The maximum Gasteiger partial charge on any atom is 0.150 e. The zero-order valence-corrected chi connectivity index (χ0v) is 10.7. The highest BCUT2D eigenvalue weighted by Gasteiger charge is 2.22. The van der Waals surface area contributed by atoms with Crippen LogP contribution < -0.4 is 5.32 Å². The van der Waals surface area contributed by atoms with Gasteiger partial charge in [-0.25, -0.2) is 8.42 Å². The summed E-state index contributed by atoms with van der Waals surface area (Å²) < 4.78 is 22.5.